The molecule has 0 unspecified atom stereocenters. The van der Waals surface area contributed by atoms with Crippen LogP contribution in [0.2, 0.25) is 0 Å². The van der Waals surface area contributed by atoms with E-state index >= 15 is 0 Å². The molecule has 144 valence electrons. The Bertz CT molecular complexity index is 720. The summed E-state index contributed by atoms with van der Waals surface area (Å²) in [5.41, 5.74) is 6.39. The van der Waals surface area contributed by atoms with Crippen LogP contribution in [0.4, 0.5) is 0 Å². The van der Waals surface area contributed by atoms with E-state index in [9.17, 15) is 9.59 Å². The largest absolute Gasteiger partial charge is 0.378 e. The molecule has 1 heterocycles. The maximum Gasteiger partial charge on any atom is 0.243 e. The van der Waals surface area contributed by atoms with Crippen molar-refractivity contribution >= 4 is 11.8 Å². The molecule has 27 heavy (non-hydrogen) atoms. The number of primary amides is 1. The predicted molar refractivity (Wildman–Crippen MR) is 99.3 cm³/mol. The Labute approximate surface area is 159 Å². The third kappa shape index (κ3) is 4.65. The first-order chi connectivity index (χ1) is 13.0. The van der Waals surface area contributed by atoms with E-state index in [1.807, 2.05) is 12.1 Å². The molecule has 3 rings (SSSR count). The van der Waals surface area contributed by atoms with Gasteiger partial charge >= 0.3 is 0 Å². The first-order valence-electron chi connectivity index (χ1n) is 9.44. The van der Waals surface area contributed by atoms with Crippen LogP contribution in [0.3, 0.4) is 0 Å². The fourth-order valence-corrected chi connectivity index (χ4v) is 3.95. The molecular formula is C20H26N4O3. The summed E-state index contributed by atoms with van der Waals surface area (Å²) in [6, 6.07) is 9.53. The number of nitrogens with two attached hydrogens (primary N) is 1. The summed E-state index contributed by atoms with van der Waals surface area (Å²) in [4.78, 5) is 26.7. The summed E-state index contributed by atoms with van der Waals surface area (Å²) in [5.74, 6) is -0.598. The molecule has 1 aliphatic heterocycles. The summed E-state index contributed by atoms with van der Waals surface area (Å²) in [6.45, 7) is 2.53. The highest BCUT2D eigenvalue weighted by molar-refractivity contribution is 5.90. The molecule has 7 heteroatoms. The van der Waals surface area contributed by atoms with Crippen molar-refractivity contribution in [2.45, 2.75) is 50.2 Å². The predicted octanol–water partition coefficient (Wildman–Crippen LogP) is 1.06. The molecule has 0 radical (unpaired) electrons. The summed E-state index contributed by atoms with van der Waals surface area (Å²) < 4.78 is 5.57. The van der Waals surface area contributed by atoms with Crippen molar-refractivity contribution in [1.29, 1.82) is 5.26 Å². The number of carbonyl (C=O) groups excluding carboxylic acids is 2. The molecular weight excluding hydrogens is 344 g/mol. The zero-order valence-corrected chi connectivity index (χ0v) is 15.4. The number of rotatable bonds is 6. The Morgan fingerprint density at radius 2 is 2.00 bits per heavy atom. The van der Waals surface area contributed by atoms with Crippen molar-refractivity contribution < 1.29 is 14.3 Å². The minimum Gasteiger partial charge on any atom is -0.378 e. The number of carbonyl (C=O) groups is 2. The van der Waals surface area contributed by atoms with E-state index in [1.165, 1.54) is 0 Å². The van der Waals surface area contributed by atoms with Gasteiger partial charge in [-0.2, -0.15) is 5.26 Å². The van der Waals surface area contributed by atoms with Crippen molar-refractivity contribution in [3.8, 4) is 6.07 Å². The second-order valence-electron chi connectivity index (χ2n) is 7.41. The van der Waals surface area contributed by atoms with Crippen LogP contribution >= 0.6 is 0 Å². The van der Waals surface area contributed by atoms with Gasteiger partial charge in [-0.15, -0.1) is 0 Å². The number of benzene rings is 1. The van der Waals surface area contributed by atoms with Gasteiger partial charge in [-0.25, -0.2) is 0 Å². The number of nitrogens with one attached hydrogen (secondary N) is 1. The van der Waals surface area contributed by atoms with Crippen molar-refractivity contribution in [3.63, 3.8) is 0 Å². The molecule has 1 saturated carbocycles. The number of morpholine rings is 1. The third-order valence-electron chi connectivity index (χ3n) is 5.55. The maximum atomic E-state index is 12.6. The first kappa shape index (κ1) is 19.3. The SMILES string of the molecule is N#Cc1ccc(CN2CCOC[C@@H]2CC(=O)NC2(C(N)=O)CCCC2)cc1. The van der Waals surface area contributed by atoms with Crippen molar-refractivity contribution in [1.82, 2.24) is 10.2 Å². The third-order valence-corrected chi connectivity index (χ3v) is 5.55. The number of hydrogen-bond donors (Lipinski definition) is 2. The molecule has 3 N–H and O–H groups in total. The normalized spacial score (nSPS) is 22.1. The fourth-order valence-electron chi connectivity index (χ4n) is 3.95. The van der Waals surface area contributed by atoms with Gasteiger partial charge in [0, 0.05) is 25.6 Å². The van der Waals surface area contributed by atoms with Gasteiger partial charge in [0.15, 0.2) is 0 Å². The Balaban J connectivity index is 1.62. The number of nitriles is 1. The Hall–Kier alpha value is -2.43. The minimum absolute atomic E-state index is 0.0549. The Kier molecular flexibility index (Phi) is 6.09. The Morgan fingerprint density at radius 1 is 1.30 bits per heavy atom. The lowest BCUT2D eigenvalue weighted by Gasteiger charge is -2.36. The van der Waals surface area contributed by atoms with Crippen LogP contribution in [0.1, 0.15) is 43.2 Å². The fraction of sp³-hybridized carbons (Fsp3) is 0.550. The second kappa shape index (κ2) is 8.51. The van der Waals surface area contributed by atoms with Crippen molar-refractivity contribution in [3.05, 3.63) is 35.4 Å². The highest BCUT2D eigenvalue weighted by Gasteiger charge is 2.41. The van der Waals surface area contributed by atoms with E-state index in [0.29, 0.717) is 38.2 Å². The molecule has 2 fully saturated rings. The molecule has 1 saturated heterocycles. The topological polar surface area (TPSA) is 108 Å². The van der Waals surface area contributed by atoms with Crippen molar-refractivity contribution in [2.24, 2.45) is 5.73 Å². The minimum atomic E-state index is -0.884. The van der Waals surface area contributed by atoms with E-state index in [-0.39, 0.29) is 18.4 Å². The van der Waals surface area contributed by atoms with Crippen LogP contribution in [0.25, 0.3) is 0 Å². The molecule has 7 nitrogen and oxygen atoms in total. The summed E-state index contributed by atoms with van der Waals surface area (Å²) >= 11 is 0. The lowest BCUT2D eigenvalue weighted by atomic mass is 9.96. The van der Waals surface area contributed by atoms with Crippen LogP contribution in [-0.2, 0) is 20.9 Å². The van der Waals surface area contributed by atoms with Gasteiger partial charge in [0.25, 0.3) is 0 Å². The van der Waals surface area contributed by atoms with E-state index in [1.54, 1.807) is 12.1 Å². The van der Waals surface area contributed by atoms with Crippen LogP contribution < -0.4 is 11.1 Å². The lowest BCUT2D eigenvalue weighted by Crippen LogP contribution is -2.57. The van der Waals surface area contributed by atoms with Crippen LogP contribution in [0, 0.1) is 11.3 Å². The number of ether oxygens (including phenoxy) is 1. The molecule has 0 bridgehead atoms. The van der Waals surface area contributed by atoms with E-state index in [4.69, 9.17) is 15.7 Å². The monoisotopic (exact) mass is 370 g/mol. The van der Waals surface area contributed by atoms with E-state index in [0.717, 1.165) is 24.9 Å². The van der Waals surface area contributed by atoms with Gasteiger partial charge in [0.1, 0.15) is 5.54 Å². The smallest absolute Gasteiger partial charge is 0.243 e. The molecule has 2 aliphatic rings. The average molecular weight is 370 g/mol. The quantitative estimate of drug-likeness (QED) is 0.778. The standard InChI is InChI=1S/C20H26N4O3/c21-12-15-3-5-16(6-4-15)13-24-9-10-27-14-17(24)11-18(25)23-20(19(22)26)7-1-2-8-20/h3-6,17H,1-2,7-11,13-14H2,(H2,22,26)(H,23,25)/t17-/m0/s1. The highest BCUT2D eigenvalue weighted by atomic mass is 16.5. The molecule has 2 amide bonds. The highest BCUT2D eigenvalue weighted by Crippen LogP contribution is 2.29. The lowest BCUT2D eigenvalue weighted by molar-refractivity contribution is -0.133. The Morgan fingerprint density at radius 3 is 2.63 bits per heavy atom. The van der Waals surface area contributed by atoms with Crippen molar-refractivity contribution in [2.75, 3.05) is 19.8 Å². The molecule has 0 aromatic heterocycles. The molecule has 1 aliphatic carbocycles. The van der Waals surface area contributed by atoms with Gasteiger partial charge < -0.3 is 15.8 Å². The van der Waals surface area contributed by atoms with E-state index in [2.05, 4.69) is 16.3 Å². The first-order valence-corrected chi connectivity index (χ1v) is 9.44. The van der Waals surface area contributed by atoms with Gasteiger partial charge in [-0.1, -0.05) is 25.0 Å². The van der Waals surface area contributed by atoms with Crippen LogP contribution in [0.15, 0.2) is 24.3 Å². The second-order valence-corrected chi connectivity index (χ2v) is 7.41. The van der Waals surface area contributed by atoms with Crippen LogP contribution in [-0.4, -0.2) is 48.1 Å². The number of amides is 2. The summed E-state index contributed by atoms with van der Waals surface area (Å²) in [5, 5.41) is 11.8. The molecule has 1 aromatic carbocycles. The number of nitrogens with zero attached hydrogens (tertiary/aromatic N) is 2. The van der Waals surface area contributed by atoms with Crippen LogP contribution in [0.5, 0.6) is 0 Å². The summed E-state index contributed by atoms with van der Waals surface area (Å²) in [7, 11) is 0. The van der Waals surface area contributed by atoms with Gasteiger partial charge in [0.05, 0.1) is 24.8 Å². The zero-order valence-electron chi connectivity index (χ0n) is 15.4. The van der Waals surface area contributed by atoms with Gasteiger partial charge in [0.2, 0.25) is 11.8 Å². The number of hydrogen-bond acceptors (Lipinski definition) is 5. The average Bonchev–Trinajstić information content (AvgIpc) is 3.14. The summed E-state index contributed by atoms with van der Waals surface area (Å²) in [6.07, 6.45) is 3.31. The van der Waals surface area contributed by atoms with E-state index < -0.39 is 11.4 Å². The maximum absolute atomic E-state index is 12.6. The molecule has 0 spiro atoms. The molecule has 1 aromatic rings. The zero-order chi connectivity index (χ0) is 19.3. The molecule has 1 atom stereocenters. The van der Waals surface area contributed by atoms with Gasteiger partial charge in [-0.05, 0) is 30.5 Å². The van der Waals surface area contributed by atoms with Gasteiger partial charge in [-0.3, -0.25) is 14.5 Å².